The van der Waals surface area contributed by atoms with Crippen molar-refractivity contribution < 1.29 is 24.0 Å². The Labute approximate surface area is 273 Å². The molecule has 234 valence electrons. The molecule has 12 heteroatoms. The SMILES string of the molecule is O=C1CCC(N2C(=O)c3cccc(NCc4ccc(CC(=O)NC(c5cccnc5)c5cc6cccnc6s5)cc4)c3C2=O)C(=O)N1. The van der Waals surface area contributed by atoms with Crippen LogP contribution in [0.1, 0.15) is 61.2 Å². The van der Waals surface area contributed by atoms with E-state index >= 15 is 0 Å². The van der Waals surface area contributed by atoms with Gasteiger partial charge in [-0.25, -0.2) is 4.98 Å². The van der Waals surface area contributed by atoms with Gasteiger partial charge in [0.2, 0.25) is 17.7 Å². The summed E-state index contributed by atoms with van der Waals surface area (Å²) in [5.41, 5.74) is 3.49. The molecule has 7 rings (SSSR count). The second kappa shape index (κ2) is 12.6. The minimum Gasteiger partial charge on any atom is -0.380 e. The fourth-order valence-corrected chi connectivity index (χ4v) is 7.01. The van der Waals surface area contributed by atoms with Crippen LogP contribution < -0.4 is 16.0 Å². The lowest BCUT2D eigenvalue weighted by atomic mass is 10.0. The number of thiophene rings is 1. The molecule has 2 aliphatic heterocycles. The number of rotatable bonds is 9. The molecule has 11 nitrogen and oxygen atoms in total. The number of aromatic nitrogens is 2. The van der Waals surface area contributed by atoms with E-state index in [-0.39, 0.29) is 42.3 Å². The second-order valence-electron chi connectivity index (χ2n) is 11.4. The number of fused-ring (bicyclic) bond motifs is 2. The summed E-state index contributed by atoms with van der Waals surface area (Å²) in [5, 5.41) is 9.64. The lowest BCUT2D eigenvalue weighted by Crippen LogP contribution is -2.54. The van der Waals surface area contributed by atoms with Gasteiger partial charge in [0.15, 0.2) is 0 Å². The maximum atomic E-state index is 13.4. The van der Waals surface area contributed by atoms with Crippen LogP contribution in [0.2, 0.25) is 0 Å². The Morgan fingerprint density at radius 3 is 2.53 bits per heavy atom. The van der Waals surface area contributed by atoms with Crippen LogP contribution >= 0.6 is 11.3 Å². The number of carbonyl (C=O) groups is 5. The lowest BCUT2D eigenvalue weighted by Gasteiger charge is -2.27. The Bertz CT molecular complexity index is 2010. The van der Waals surface area contributed by atoms with Crippen LogP contribution in [0.15, 0.2) is 91.4 Å². The minimum atomic E-state index is -1.03. The highest BCUT2D eigenvalue weighted by molar-refractivity contribution is 7.18. The second-order valence-corrected chi connectivity index (χ2v) is 12.4. The Hall–Kier alpha value is -5.75. The summed E-state index contributed by atoms with van der Waals surface area (Å²) in [6, 6.07) is 20.8. The molecule has 47 heavy (non-hydrogen) atoms. The lowest BCUT2D eigenvalue weighted by molar-refractivity contribution is -0.136. The standard InChI is InChI=1S/C35H28N6O5S/c42-28-13-12-26(32(44)40-28)41-34(45)24-6-1-7-25(30(24)35(41)46)38-18-21-10-8-20(9-11-21)16-29(43)39-31(23-5-2-14-36-19-23)27-17-22-4-3-15-37-33(22)47-27/h1-11,14-15,17,19,26,31,38H,12-13,16,18H2,(H,39,43)(H,40,42,44). The van der Waals surface area contributed by atoms with E-state index in [9.17, 15) is 24.0 Å². The van der Waals surface area contributed by atoms with Crippen molar-refractivity contribution in [3.05, 3.63) is 124 Å². The first-order valence-corrected chi connectivity index (χ1v) is 15.9. The molecule has 5 heterocycles. The number of imide groups is 2. The normalized spacial score (nSPS) is 16.6. The first-order valence-electron chi connectivity index (χ1n) is 15.1. The topological polar surface area (TPSA) is 150 Å². The molecule has 3 N–H and O–H groups in total. The number of piperidine rings is 1. The van der Waals surface area contributed by atoms with Gasteiger partial charge in [0.25, 0.3) is 11.8 Å². The van der Waals surface area contributed by atoms with E-state index in [0.717, 1.165) is 36.7 Å². The van der Waals surface area contributed by atoms with Gasteiger partial charge >= 0.3 is 0 Å². The number of hydrogen-bond donors (Lipinski definition) is 3. The summed E-state index contributed by atoms with van der Waals surface area (Å²) >= 11 is 1.54. The van der Waals surface area contributed by atoms with Crippen molar-refractivity contribution in [2.75, 3.05) is 5.32 Å². The maximum Gasteiger partial charge on any atom is 0.264 e. The van der Waals surface area contributed by atoms with Gasteiger partial charge in [-0.05, 0) is 53.4 Å². The highest BCUT2D eigenvalue weighted by Gasteiger charge is 2.45. The molecule has 5 aromatic rings. The number of hydrogen-bond acceptors (Lipinski definition) is 9. The van der Waals surface area contributed by atoms with Crippen molar-refractivity contribution >= 4 is 56.8 Å². The maximum absolute atomic E-state index is 13.4. The zero-order chi connectivity index (χ0) is 32.5. The zero-order valence-electron chi connectivity index (χ0n) is 24.9. The number of anilines is 1. The van der Waals surface area contributed by atoms with Crippen molar-refractivity contribution in [3.8, 4) is 0 Å². The predicted molar refractivity (Wildman–Crippen MR) is 174 cm³/mol. The first-order chi connectivity index (χ1) is 22.9. The Kier molecular flexibility index (Phi) is 8.00. The van der Waals surface area contributed by atoms with Gasteiger partial charge in [-0.2, -0.15) is 0 Å². The van der Waals surface area contributed by atoms with Gasteiger partial charge < -0.3 is 10.6 Å². The molecule has 0 spiro atoms. The number of nitrogens with one attached hydrogen (secondary N) is 3. The molecule has 3 aromatic heterocycles. The number of carbonyl (C=O) groups excluding carboxylic acids is 5. The van der Waals surface area contributed by atoms with Gasteiger partial charge in [0.1, 0.15) is 10.9 Å². The molecule has 2 atom stereocenters. The van der Waals surface area contributed by atoms with Crippen molar-refractivity contribution in [1.29, 1.82) is 0 Å². The van der Waals surface area contributed by atoms with Crippen LogP contribution in [0.3, 0.4) is 0 Å². The largest absolute Gasteiger partial charge is 0.380 e. The van der Waals surface area contributed by atoms with E-state index in [0.29, 0.717) is 12.2 Å². The average Bonchev–Trinajstić information content (AvgIpc) is 3.62. The number of benzene rings is 2. The van der Waals surface area contributed by atoms with E-state index in [2.05, 4.69) is 25.9 Å². The summed E-state index contributed by atoms with van der Waals surface area (Å²) in [5.74, 6) is -2.33. The quantitative estimate of drug-likeness (QED) is 0.203. The molecule has 2 aromatic carbocycles. The number of pyridine rings is 2. The Morgan fingerprint density at radius 2 is 1.77 bits per heavy atom. The molecule has 0 saturated carbocycles. The van der Waals surface area contributed by atoms with E-state index in [1.54, 1.807) is 36.8 Å². The van der Waals surface area contributed by atoms with Crippen LogP contribution in [0, 0.1) is 0 Å². The third-order valence-electron chi connectivity index (χ3n) is 8.26. The summed E-state index contributed by atoms with van der Waals surface area (Å²) in [7, 11) is 0. The number of amides is 5. The predicted octanol–water partition coefficient (Wildman–Crippen LogP) is 4.15. The fourth-order valence-electron chi connectivity index (χ4n) is 5.93. The minimum absolute atomic E-state index is 0.0569. The first kappa shape index (κ1) is 29.9. The number of nitrogens with zero attached hydrogens (tertiary/aromatic N) is 3. The van der Waals surface area contributed by atoms with Crippen LogP contribution in [0.25, 0.3) is 10.2 Å². The van der Waals surface area contributed by atoms with Gasteiger partial charge in [0, 0.05) is 47.5 Å². The summed E-state index contributed by atoms with van der Waals surface area (Å²) in [6.45, 7) is 0.353. The van der Waals surface area contributed by atoms with Gasteiger partial charge in [-0.3, -0.25) is 39.2 Å². The molecule has 1 fully saturated rings. The van der Waals surface area contributed by atoms with E-state index in [4.69, 9.17) is 0 Å². The Morgan fingerprint density at radius 1 is 0.957 bits per heavy atom. The molecular weight excluding hydrogens is 616 g/mol. The van der Waals surface area contributed by atoms with Crippen molar-refractivity contribution in [1.82, 2.24) is 25.5 Å². The van der Waals surface area contributed by atoms with E-state index in [1.807, 2.05) is 54.6 Å². The Balaban J connectivity index is 1.01. The van der Waals surface area contributed by atoms with Crippen molar-refractivity contribution in [2.24, 2.45) is 0 Å². The van der Waals surface area contributed by atoms with Crippen LogP contribution in [-0.2, 0) is 27.3 Å². The van der Waals surface area contributed by atoms with Crippen LogP contribution in [0.4, 0.5) is 5.69 Å². The summed E-state index contributed by atoms with van der Waals surface area (Å²) in [4.78, 5) is 75.3. The van der Waals surface area contributed by atoms with Crippen molar-refractivity contribution in [2.45, 2.75) is 37.9 Å². The van der Waals surface area contributed by atoms with Gasteiger partial charge in [0.05, 0.1) is 23.6 Å². The van der Waals surface area contributed by atoms with Crippen LogP contribution in [0.5, 0.6) is 0 Å². The molecular formula is C35H28N6O5S. The molecule has 1 saturated heterocycles. The summed E-state index contributed by atoms with van der Waals surface area (Å²) in [6.07, 6.45) is 5.53. The van der Waals surface area contributed by atoms with Gasteiger partial charge in [-0.15, -0.1) is 11.3 Å². The van der Waals surface area contributed by atoms with E-state index in [1.165, 1.54) is 11.3 Å². The smallest absolute Gasteiger partial charge is 0.264 e. The summed E-state index contributed by atoms with van der Waals surface area (Å²) < 4.78 is 0. The van der Waals surface area contributed by atoms with Crippen molar-refractivity contribution in [3.63, 3.8) is 0 Å². The van der Waals surface area contributed by atoms with Crippen LogP contribution in [-0.4, -0.2) is 50.4 Å². The highest BCUT2D eigenvalue weighted by atomic mass is 32.1. The average molecular weight is 645 g/mol. The van der Waals surface area contributed by atoms with Gasteiger partial charge in [-0.1, -0.05) is 42.5 Å². The highest BCUT2D eigenvalue weighted by Crippen LogP contribution is 2.34. The monoisotopic (exact) mass is 644 g/mol. The fraction of sp³-hybridized carbons (Fsp3) is 0.171. The molecule has 2 aliphatic rings. The molecule has 0 bridgehead atoms. The third-order valence-corrected chi connectivity index (χ3v) is 9.38. The molecule has 0 aliphatic carbocycles. The molecule has 5 amide bonds. The zero-order valence-corrected chi connectivity index (χ0v) is 25.8. The molecule has 2 unspecified atom stereocenters. The molecule has 0 radical (unpaired) electrons. The third kappa shape index (κ3) is 5.98. The van der Waals surface area contributed by atoms with E-state index < -0.39 is 29.7 Å².